The standard InChI is InChI=1S/C14H22/c1-11(2)5-6-13-7-9-14(10-8-13)12(3)4/h7-12H,5-6H2,1-4H3. The minimum atomic E-state index is 0.647. The van der Waals surface area contributed by atoms with E-state index in [9.17, 15) is 0 Å². The Morgan fingerprint density at radius 3 is 1.93 bits per heavy atom. The van der Waals surface area contributed by atoms with Gasteiger partial charge < -0.3 is 0 Å². The van der Waals surface area contributed by atoms with Gasteiger partial charge in [-0.1, -0.05) is 52.0 Å². The summed E-state index contributed by atoms with van der Waals surface area (Å²) >= 11 is 0. The third-order valence-electron chi connectivity index (χ3n) is 2.66. The van der Waals surface area contributed by atoms with Gasteiger partial charge in [0.2, 0.25) is 0 Å². The molecule has 0 fully saturated rings. The van der Waals surface area contributed by atoms with Gasteiger partial charge in [0.25, 0.3) is 0 Å². The summed E-state index contributed by atoms with van der Waals surface area (Å²) in [6.45, 7) is 9.04. The van der Waals surface area contributed by atoms with E-state index < -0.39 is 0 Å². The van der Waals surface area contributed by atoms with Gasteiger partial charge in [-0.15, -0.1) is 0 Å². The van der Waals surface area contributed by atoms with Crippen LogP contribution in [0.4, 0.5) is 0 Å². The fourth-order valence-electron chi connectivity index (χ4n) is 1.52. The molecular formula is C14H22. The fourth-order valence-corrected chi connectivity index (χ4v) is 1.52. The van der Waals surface area contributed by atoms with Gasteiger partial charge in [-0.05, 0) is 35.8 Å². The SMILES string of the molecule is CC(C)CCc1ccc(C(C)C)cc1. The van der Waals surface area contributed by atoms with Gasteiger partial charge in [0.15, 0.2) is 0 Å². The van der Waals surface area contributed by atoms with Crippen LogP contribution >= 0.6 is 0 Å². The van der Waals surface area contributed by atoms with Gasteiger partial charge in [0.1, 0.15) is 0 Å². The molecule has 0 heterocycles. The highest BCUT2D eigenvalue weighted by Crippen LogP contribution is 2.16. The van der Waals surface area contributed by atoms with Crippen LogP contribution in [0.15, 0.2) is 24.3 Å². The normalized spacial score (nSPS) is 11.3. The highest BCUT2D eigenvalue weighted by atomic mass is 14.1. The smallest absolute Gasteiger partial charge is 0.0219 e. The average molecular weight is 190 g/mol. The molecular weight excluding hydrogens is 168 g/mol. The number of hydrogen-bond acceptors (Lipinski definition) is 0. The zero-order valence-corrected chi connectivity index (χ0v) is 9.88. The Morgan fingerprint density at radius 2 is 1.50 bits per heavy atom. The van der Waals surface area contributed by atoms with E-state index >= 15 is 0 Å². The Kier molecular flexibility index (Phi) is 4.19. The highest BCUT2D eigenvalue weighted by molar-refractivity contribution is 5.24. The number of benzene rings is 1. The van der Waals surface area contributed by atoms with Gasteiger partial charge in [-0.3, -0.25) is 0 Å². The molecule has 78 valence electrons. The first-order chi connectivity index (χ1) is 6.59. The van der Waals surface area contributed by atoms with Crippen LogP contribution in [0.3, 0.4) is 0 Å². The first-order valence-electron chi connectivity index (χ1n) is 5.68. The molecule has 1 rings (SSSR count). The van der Waals surface area contributed by atoms with E-state index in [1.54, 1.807) is 0 Å². The van der Waals surface area contributed by atoms with E-state index in [1.807, 2.05) is 0 Å². The minimum Gasteiger partial charge on any atom is -0.0628 e. The number of rotatable bonds is 4. The lowest BCUT2D eigenvalue weighted by Crippen LogP contribution is -1.93. The van der Waals surface area contributed by atoms with Crippen molar-refractivity contribution >= 4 is 0 Å². The molecule has 0 aromatic heterocycles. The van der Waals surface area contributed by atoms with E-state index in [2.05, 4.69) is 52.0 Å². The molecule has 0 radical (unpaired) electrons. The first kappa shape index (κ1) is 11.3. The fraction of sp³-hybridized carbons (Fsp3) is 0.571. The quantitative estimate of drug-likeness (QED) is 0.660. The summed E-state index contributed by atoms with van der Waals surface area (Å²) in [7, 11) is 0. The molecule has 0 aliphatic rings. The van der Waals surface area contributed by atoms with Crippen molar-refractivity contribution in [3.8, 4) is 0 Å². The molecule has 0 saturated heterocycles. The van der Waals surface area contributed by atoms with Gasteiger partial charge in [-0.25, -0.2) is 0 Å². The Hall–Kier alpha value is -0.780. The summed E-state index contributed by atoms with van der Waals surface area (Å²) in [5, 5.41) is 0. The predicted octanol–water partition coefficient (Wildman–Crippen LogP) is 4.40. The van der Waals surface area contributed by atoms with E-state index in [-0.39, 0.29) is 0 Å². The maximum Gasteiger partial charge on any atom is -0.0219 e. The van der Waals surface area contributed by atoms with Crippen molar-refractivity contribution in [1.29, 1.82) is 0 Å². The second-order valence-corrected chi connectivity index (χ2v) is 4.83. The maximum atomic E-state index is 2.28. The van der Waals surface area contributed by atoms with Gasteiger partial charge >= 0.3 is 0 Å². The summed E-state index contributed by atoms with van der Waals surface area (Å²) in [6.07, 6.45) is 2.51. The van der Waals surface area contributed by atoms with Crippen LogP contribution in [-0.2, 0) is 6.42 Å². The average Bonchev–Trinajstić information content (AvgIpc) is 2.15. The van der Waals surface area contributed by atoms with Gasteiger partial charge in [0, 0.05) is 0 Å². The van der Waals surface area contributed by atoms with Crippen molar-refractivity contribution in [3.63, 3.8) is 0 Å². The van der Waals surface area contributed by atoms with Crippen molar-refractivity contribution in [2.24, 2.45) is 5.92 Å². The molecule has 0 heteroatoms. The van der Waals surface area contributed by atoms with Crippen LogP contribution in [-0.4, -0.2) is 0 Å². The molecule has 1 aromatic rings. The van der Waals surface area contributed by atoms with E-state index in [1.165, 1.54) is 24.0 Å². The lowest BCUT2D eigenvalue weighted by molar-refractivity contribution is 0.586. The minimum absolute atomic E-state index is 0.647. The van der Waals surface area contributed by atoms with Crippen molar-refractivity contribution in [2.45, 2.75) is 46.5 Å². The summed E-state index contributed by atoms with van der Waals surface area (Å²) in [6, 6.07) is 9.08. The van der Waals surface area contributed by atoms with Crippen LogP contribution in [0.2, 0.25) is 0 Å². The molecule has 0 saturated carbocycles. The summed E-state index contributed by atoms with van der Waals surface area (Å²) in [5.74, 6) is 1.45. The highest BCUT2D eigenvalue weighted by Gasteiger charge is 1.99. The topological polar surface area (TPSA) is 0 Å². The maximum absolute atomic E-state index is 2.28. The number of aryl methyl sites for hydroxylation is 1. The molecule has 0 amide bonds. The Labute approximate surface area is 88.4 Å². The molecule has 1 aromatic carbocycles. The summed E-state index contributed by atoms with van der Waals surface area (Å²) in [5.41, 5.74) is 2.92. The Morgan fingerprint density at radius 1 is 0.929 bits per heavy atom. The molecule has 0 atom stereocenters. The second kappa shape index (κ2) is 5.19. The molecule has 0 spiro atoms. The van der Waals surface area contributed by atoms with Crippen LogP contribution in [0.1, 0.15) is 51.2 Å². The van der Waals surface area contributed by atoms with Crippen LogP contribution in [0.25, 0.3) is 0 Å². The summed E-state index contributed by atoms with van der Waals surface area (Å²) < 4.78 is 0. The third-order valence-corrected chi connectivity index (χ3v) is 2.66. The Bertz CT molecular complexity index is 254. The number of hydrogen-bond donors (Lipinski definition) is 0. The first-order valence-corrected chi connectivity index (χ1v) is 5.68. The van der Waals surface area contributed by atoms with Gasteiger partial charge in [-0.2, -0.15) is 0 Å². The molecule has 0 aliphatic heterocycles. The second-order valence-electron chi connectivity index (χ2n) is 4.83. The van der Waals surface area contributed by atoms with E-state index in [0.717, 1.165) is 5.92 Å². The van der Waals surface area contributed by atoms with Gasteiger partial charge in [0.05, 0.1) is 0 Å². The van der Waals surface area contributed by atoms with E-state index in [4.69, 9.17) is 0 Å². The molecule has 0 N–H and O–H groups in total. The lowest BCUT2D eigenvalue weighted by atomic mass is 9.98. The third kappa shape index (κ3) is 3.53. The molecule has 0 nitrogen and oxygen atoms in total. The molecule has 0 unspecified atom stereocenters. The monoisotopic (exact) mass is 190 g/mol. The zero-order valence-electron chi connectivity index (χ0n) is 9.88. The molecule has 0 bridgehead atoms. The van der Waals surface area contributed by atoms with Crippen LogP contribution in [0.5, 0.6) is 0 Å². The molecule has 0 aliphatic carbocycles. The van der Waals surface area contributed by atoms with Crippen molar-refractivity contribution in [2.75, 3.05) is 0 Å². The predicted molar refractivity (Wildman–Crippen MR) is 63.7 cm³/mol. The lowest BCUT2D eigenvalue weighted by Gasteiger charge is -2.08. The van der Waals surface area contributed by atoms with Crippen LogP contribution in [0, 0.1) is 5.92 Å². The van der Waals surface area contributed by atoms with Crippen LogP contribution < -0.4 is 0 Å². The van der Waals surface area contributed by atoms with Crippen molar-refractivity contribution < 1.29 is 0 Å². The zero-order chi connectivity index (χ0) is 10.6. The van der Waals surface area contributed by atoms with Crippen molar-refractivity contribution in [3.05, 3.63) is 35.4 Å². The van der Waals surface area contributed by atoms with Crippen molar-refractivity contribution in [1.82, 2.24) is 0 Å². The largest absolute Gasteiger partial charge is 0.0628 e. The van der Waals surface area contributed by atoms with E-state index in [0.29, 0.717) is 5.92 Å². The summed E-state index contributed by atoms with van der Waals surface area (Å²) in [4.78, 5) is 0. The molecule has 14 heavy (non-hydrogen) atoms. The Balaban J connectivity index is 2.55.